The molecule has 2 amide bonds. The summed E-state index contributed by atoms with van der Waals surface area (Å²) in [5, 5.41) is 13.0. The molecule has 0 bridgehead atoms. The largest absolute Gasteiger partial charge is 0.507 e. The number of nitrogens with two attached hydrogens (primary N) is 1. The second-order valence-electron chi connectivity index (χ2n) is 7.32. The number of primary amides is 1. The van der Waals surface area contributed by atoms with Gasteiger partial charge in [0, 0.05) is 34.8 Å². The van der Waals surface area contributed by atoms with Crippen LogP contribution in [0, 0.1) is 11.2 Å². The Morgan fingerprint density at radius 3 is 2.62 bits per heavy atom. The molecular weight excluding hydrogens is 377 g/mol. The first-order chi connectivity index (χ1) is 13.8. The number of nitrogens with zero attached hydrogens (tertiary/aromatic N) is 1. The van der Waals surface area contributed by atoms with Crippen LogP contribution in [-0.2, 0) is 4.79 Å². The zero-order valence-corrected chi connectivity index (χ0v) is 15.5. The van der Waals surface area contributed by atoms with Gasteiger partial charge in [-0.2, -0.15) is 0 Å². The third kappa shape index (κ3) is 3.56. The van der Waals surface area contributed by atoms with Crippen LogP contribution in [0.3, 0.4) is 0 Å². The van der Waals surface area contributed by atoms with Gasteiger partial charge in [0.05, 0.1) is 11.1 Å². The zero-order chi connectivity index (χ0) is 20.8. The molecule has 0 radical (unpaired) electrons. The van der Waals surface area contributed by atoms with Gasteiger partial charge in [-0.05, 0) is 37.1 Å². The average Bonchev–Trinajstić information content (AvgIpc) is 3.42. The number of phenols is 1. The highest BCUT2D eigenvalue weighted by atomic mass is 19.1. The summed E-state index contributed by atoms with van der Waals surface area (Å²) < 4.78 is 20.2. The van der Waals surface area contributed by atoms with Gasteiger partial charge in [0.2, 0.25) is 5.91 Å². The SMILES string of the molecule is CC1(C(=O)Nc2ccc(Oc3ccnc4cc(O)c(C(N)=O)cc34)c(F)c2)CC1. The Labute approximate surface area is 165 Å². The number of ether oxygens (including phenoxy) is 1. The van der Waals surface area contributed by atoms with Crippen molar-refractivity contribution in [3.8, 4) is 17.2 Å². The normalized spacial score (nSPS) is 14.4. The molecule has 1 saturated carbocycles. The monoisotopic (exact) mass is 395 g/mol. The van der Waals surface area contributed by atoms with E-state index in [0.29, 0.717) is 16.6 Å². The van der Waals surface area contributed by atoms with Crippen molar-refractivity contribution in [2.24, 2.45) is 11.1 Å². The number of rotatable bonds is 5. The van der Waals surface area contributed by atoms with E-state index in [1.807, 2.05) is 6.92 Å². The van der Waals surface area contributed by atoms with Crippen LogP contribution < -0.4 is 15.8 Å². The van der Waals surface area contributed by atoms with E-state index < -0.39 is 11.7 Å². The third-order valence-electron chi connectivity index (χ3n) is 5.04. The fourth-order valence-corrected chi connectivity index (χ4v) is 2.92. The Morgan fingerprint density at radius 1 is 1.21 bits per heavy atom. The van der Waals surface area contributed by atoms with Gasteiger partial charge >= 0.3 is 0 Å². The van der Waals surface area contributed by atoms with Gasteiger partial charge in [0.1, 0.15) is 11.5 Å². The maximum Gasteiger partial charge on any atom is 0.252 e. The number of benzene rings is 2. The molecule has 8 heteroatoms. The van der Waals surface area contributed by atoms with Crippen LogP contribution in [0.1, 0.15) is 30.1 Å². The number of hydrogen-bond acceptors (Lipinski definition) is 5. The average molecular weight is 395 g/mol. The van der Waals surface area contributed by atoms with Crippen LogP contribution in [0.4, 0.5) is 10.1 Å². The molecule has 1 aromatic heterocycles. The van der Waals surface area contributed by atoms with E-state index in [-0.39, 0.29) is 34.1 Å². The number of nitrogens with one attached hydrogen (secondary N) is 1. The molecule has 4 N–H and O–H groups in total. The highest BCUT2D eigenvalue weighted by molar-refractivity contribution is 6.01. The van der Waals surface area contributed by atoms with Gasteiger partial charge in [-0.1, -0.05) is 6.92 Å². The molecule has 2 aromatic carbocycles. The van der Waals surface area contributed by atoms with Crippen molar-refractivity contribution >= 4 is 28.4 Å². The lowest BCUT2D eigenvalue weighted by atomic mass is 10.1. The highest BCUT2D eigenvalue weighted by Gasteiger charge is 2.44. The molecule has 1 fully saturated rings. The Hall–Kier alpha value is -3.68. The number of carbonyl (C=O) groups excluding carboxylic acids is 2. The molecule has 29 heavy (non-hydrogen) atoms. The van der Waals surface area contributed by atoms with Crippen molar-refractivity contribution in [1.82, 2.24) is 4.98 Å². The second kappa shape index (κ2) is 6.73. The number of halogens is 1. The first-order valence-corrected chi connectivity index (χ1v) is 8.97. The van der Waals surface area contributed by atoms with E-state index in [2.05, 4.69) is 10.3 Å². The van der Waals surface area contributed by atoms with Gasteiger partial charge < -0.3 is 20.9 Å². The van der Waals surface area contributed by atoms with E-state index >= 15 is 0 Å². The topological polar surface area (TPSA) is 115 Å². The van der Waals surface area contributed by atoms with Crippen molar-refractivity contribution in [2.45, 2.75) is 19.8 Å². The number of amides is 2. The van der Waals surface area contributed by atoms with E-state index in [0.717, 1.165) is 12.8 Å². The number of fused-ring (bicyclic) bond motifs is 1. The smallest absolute Gasteiger partial charge is 0.252 e. The Kier molecular flexibility index (Phi) is 4.34. The number of aromatic hydroxyl groups is 1. The van der Waals surface area contributed by atoms with Gasteiger partial charge in [-0.15, -0.1) is 0 Å². The molecule has 148 valence electrons. The molecule has 0 spiro atoms. The predicted molar refractivity (Wildman–Crippen MR) is 104 cm³/mol. The number of hydrogen-bond donors (Lipinski definition) is 3. The van der Waals surface area contributed by atoms with Crippen molar-refractivity contribution in [2.75, 3.05) is 5.32 Å². The van der Waals surface area contributed by atoms with Crippen LogP contribution in [0.15, 0.2) is 42.6 Å². The summed E-state index contributed by atoms with van der Waals surface area (Å²) in [6, 6.07) is 8.28. The summed E-state index contributed by atoms with van der Waals surface area (Å²) in [5.74, 6) is -1.74. The zero-order valence-electron chi connectivity index (χ0n) is 15.5. The standard InChI is InChI=1S/C21H18FN3O4/c1-21(5-6-21)20(28)25-11-2-3-18(14(22)8-11)29-17-4-7-24-15-10-16(26)13(19(23)27)9-12(15)17/h2-4,7-10,26H,5-6H2,1H3,(H2,23,27)(H,25,28). The predicted octanol–water partition coefficient (Wildman–Crippen LogP) is 3.71. The third-order valence-corrected chi connectivity index (χ3v) is 5.04. The van der Waals surface area contributed by atoms with Crippen LogP contribution in [0.5, 0.6) is 17.2 Å². The fourth-order valence-electron chi connectivity index (χ4n) is 2.92. The summed E-state index contributed by atoms with van der Waals surface area (Å²) in [6.07, 6.45) is 3.07. The minimum Gasteiger partial charge on any atom is -0.507 e. The van der Waals surface area contributed by atoms with Gasteiger partial charge in [-0.25, -0.2) is 4.39 Å². The number of carbonyl (C=O) groups is 2. The van der Waals surface area contributed by atoms with Crippen LogP contribution in [0.2, 0.25) is 0 Å². The minimum absolute atomic E-state index is 0.0677. The Bertz CT molecular complexity index is 1160. The minimum atomic E-state index is -0.810. The summed E-state index contributed by atoms with van der Waals surface area (Å²) in [4.78, 5) is 27.7. The van der Waals surface area contributed by atoms with Crippen LogP contribution >= 0.6 is 0 Å². The van der Waals surface area contributed by atoms with Crippen molar-refractivity contribution in [1.29, 1.82) is 0 Å². The van der Waals surface area contributed by atoms with E-state index in [4.69, 9.17) is 10.5 Å². The lowest BCUT2D eigenvalue weighted by Crippen LogP contribution is -2.21. The fraction of sp³-hybridized carbons (Fsp3) is 0.190. The summed E-state index contributed by atoms with van der Waals surface area (Å²) >= 11 is 0. The lowest BCUT2D eigenvalue weighted by molar-refractivity contribution is -0.120. The summed E-state index contributed by atoms with van der Waals surface area (Å²) in [7, 11) is 0. The van der Waals surface area contributed by atoms with E-state index in [1.165, 1.54) is 36.5 Å². The van der Waals surface area contributed by atoms with Crippen molar-refractivity contribution < 1.29 is 23.8 Å². The molecule has 1 aliphatic carbocycles. The van der Waals surface area contributed by atoms with Crippen LogP contribution in [0.25, 0.3) is 10.9 Å². The Morgan fingerprint density at radius 2 is 1.97 bits per heavy atom. The van der Waals surface area contributed by atoms with Crippen molar-refractivity contribution in [3.05, 3.63) is 54.0 Å². The van der Waals surface area contributed by atoms with Crippen molar-refractivity contribution in [3.63, 3.8) is 0 Å². The second-order valence-corrected chi connectivity index (χ2v) is 7.32. The van der Waals surface area contributed by atoms with Crippen LogP contribution in [-0.4, -0.2) is 21.9 Å². The molecule has 1 aliphatic rings. The quantitative estimate of drug-likeness (QED) is 0.609. The van der Waals surface area contributed by atoms with Gasteiger partial charge in [-0.3, -0.25) is 14.6 Å². The van der Waals surface area contributed by atoms with E-state index in [1.54, 1.807) is 6.07 Å². The summed E-state index contributed by atoms with van der Waals surface area (Å²) in [6.45, 7) is 1.86. The molecule has 0 unspecified atom stereocenters. The lowest BCUT2D eigenvalue weighted by Gasteiger charge is -2.13. The molecule has 3 aromatic rings. The molecule has 0 atom stereocenters. The molecule has 1 heterocycles. The molecule has 0 saturated heterocycles. The maximum absolute atomic E-state index is 14.6. The molecule has 4 rings (SSSR count). The number of pyridine rings is 1. The van der Waals surface area contributed by atoms with Gasteiger partial charge in [0.25, 0.3) is 5.91 Å². The molecular formula is C21H18FN3O4. The molecule has 0 aliphatic heterocycles. The number of anilines is 1. The van der Waals surface area contributed by atoms with Gasteiger partial charge in [0.15, 0.2) is 11.6 Å². The maximum atomic E-state index is 14.6. The first kappa shape index (κ1) is 18.7. The van der Waals surface area contributed by atoms with E-state index in [9.17, 15) is 19.1 Å². The first-order valence-electron chi connectivity index (χ1n) is 8.97. The Balaban J connectivity index is 1.63. The summed E-state index contributed by atoms with van der Waals surface area (Å²) in [5.41, 5.74) is 5.50. The number of aromatic nitrogens is 1. The highest BCUT2D eigenvalue weighted by Crippen LogP contribution is 2.45. The molecule has 7 nitrogen and oxygen atoms in total.